The summed E-state index contributed by atoms with van der Waals surface area (Å²) in [5.41, 5.74) is 3.52. The quantitative estimate of drug-likeness (QED) is 0.234. The van der Waals surface area contributed by atoms with Crippen LogP contribution in [0.25, 0.3) is 0 Å². The first kappa shape index (κ1) is 31.1. The van der Waals surface area contributed by atoms with Crippen molar-refractivity contribution in [2.45, 2.75) is 90.6 Å². The molecule has 0 radical (unpaired) electrons. The first-order valence-corrected chi connectivity index (χ1v) is 19.6. The topological polar surface area (TPSA) is 96.9 Å². The number of allylic oxidation sites excluding steroid dienone is 5. The van der Waals surface area contributed by atoms with Gasteiger partial charge in [-0.25, -0.2) is 9.59 Å². The standard InChI is InChI=1S/C35H48N2O5S2/c1-3-4-7-26-25-10-9-24-23-12-14-35(31(24)30(25)33(39)41-26)27-11-8-20(2)18-43-44-19-37-28-17-21(13-15-36-28)22(6-5-16-38)29(23)32(35)34(40)42-27/h7,11,20-24,28,31,36-38H,3-6,8-10,12-19H2,1-2H3/t20-,21?,22+,23-,24+,28?,31+,35-/m1/s1. The van der Waals surface area contributed by atoms with E-state index in [2.05, 4.69) is 36.6 Å². The number of cyclic esters (lactones) is 1. The van der Waals surface area contributed by atoms with Crippen LogP contribution >= 0.6 is 21.6 Å². The molecule has 3 fully saturated rings. The molecule has 3 N–H and O–H groups in total. The Kier molecular flexibility index (Phi) is 9.14. The summed E-state index contributed by atoms with van der Waals surface area (Å²) in [5, 5.41) is 17.5. The molecule has 7 bridgehead atoms. The predicted octanol–water partition coefficient (Wildman–Crippen LogP) is 6.38. The fourth-order valence-corrected chi connectivity index (χ4v) is 12.1. The van der Waals surface area contributed by atoms with Crippen LogP contribution in [-0.4, -0.2) is 48.0 Å². The first-order chi connectivity index (χ1) is 21.5. The molecule has 4 heterocycles. The summed E-state index contributed by atoms with van der Waals surface area (Å²) in [6.45, 7) is 5.52. The maximum Gasteiger partial charge on any atom is 0.340 e. The van der Waals surface area contributed by atoms with Gasteiger partial charge < -0.3 is 19.9 Å². The number of fused-ring (bicyclic) bond motifs is 3. The van der Waals surface area contributed by atoms with Gasteiger partial charge in [-0.3, -0.25) is 5.32 Å². The lowest BCUT2D eigenvalue weighted by atomic mass is 9.43. The van der Waals surface area contributed by atoms with Gasteiger partial charge >= 0.3 is 11.9 Å². The van der Waals surface area contributed by atoms with Crippen molar-refractivity contribution in [1.29, 1.82) is 0 Å². The van der Waals surface area contributed by atoms with Crippen LogP contribution < -0.4 is 10.6 Å². The van der Waals surface area contributed by atoms with E-state index in [1.807, 2.05) is 21.6 Å². The van der Waals surface area contributed by atoms with Gasteiger partial charge in [-0.05, 0) is 112 Å². The van der Waals surface area contributed by atoms with E-state index in [1.54, 1.807) is 0 Å². The molecule has 240 valence electrons. The van der Waals surface area contributed by atoms with E-state index in [9.17, 15) is 14.7 Å². The van der Waals surface area contributed by atoms with E-state index < -0.39 is 5.41 Å². The fourth-order valence-electron chi connectivity index (χ4n) is 9.85. The van der Waals surface area contributed by atoms with Crippen molar-refractivity contribution < 1.29 is 24.2 Å². The molecule has 0 aromatic carbocycles. The second-order valence-electron chi connectivity index (χ2n) is 14.1. The zero-order valence-corrected chi connectivity index (χ0v) is 27.8. The molecule has 0 aromatic heterocycles. The summed E-state index contributed by atoms with van der Waals surface area (Å²) < 4.78 is 12.4. The van der Waals surface area contributed by atoms with E-state index in [-0.39, 0.29) is 48.4 Å². The van der Waals surface area contributed by atoms with Crippen LogP contribution in [0.1, 0.15) is 84.5 Å². The van der Waals surface area contributed by atoms with Gasteiger partial charge in [0, 0.05) is 29.4 Å². The predicted molar refractivity (Wildman–Crippen MR) is 175 cm³/mol. The molecule has 2 unspecified atom stereocenters. The number of unbranched alkanes of at least 4 members (excludes halogenated alkanes) is 1. The molecular weight excluding hydrogens is 593 g/mol. The van der Waals surface area contributed by atoms with Crippen LogP contribution in [-0.2, 0) is 19.1 Å². The van der Waals surface area contributed by atoms with Gasteiger partial charge in [0.1, 0.15) is 11.5 Å². The van der Waals surface area contributed by atoms with Crippen LogP contribution in [0.5, 0.6) is 0 Å². The van der Waals surface area contributed by atoms with Crippen molar-refractivity contribution in [2.75, 3.05) is 24.8 Å². The van der Waals surface area contributed by atoms with Gasteiger partial charge in [0.15, 0.2) is 0 Å². The van der Waals surface area contributed by atoms with Crippen LogP contribution in [0.4, 0.5) is 0 Å². The van der Waals surface area contributed by atoms with Crippen molar-refractivity contribution in [2.24, 2.45) is 40.9 Å². The third-order valence-electron chi connectivity index (χ3n) is 11.6. The molecule has 0 aromatic rings. The lowest BCUT2D eigenvalue weighted by molar-refractivity contribution is -0.135. The Hall–Kier alpha value is -1.52. The highest BCUT2D eigenvalue weighted by Gasteiger charge is 2.69. The lowest BCUT2D eigenvalue weighted by Crippen LogP contribution is -2.54. The number of hydrogen-bond acceptors (Lipinski definition) is 9. The Morgan fingerprint density at radius 1 is 1.14 bits per heavy atom. The first-order valence-electron chi connectivity index (χ1n) is 17.1. The third-order valence-corrected chi connectivity index (χ3v) is 14.0. The molecule has 1 spiro atoms. The zero-order chi connectivity index (χ0) is 30.4. The average Bonchev–Trinajstić information content (AvgIpc) is 3.52. The Balaban J connectivity index is 1.41. The number of piperidine rings is 1. The summed E-state index contributed by atoms with van der Waals surface area (Å²) in [6, 6.07) is 0. The van der Waals surface area contributed by atoms with E-state index in [0.29, 0.717) is 11.8 Å². The van der Waals surface area contributed by atoms with Crippen molar-refractivity contribution in [1.82, 2.24) is 10.6 Å². The number of ether oxygens (including phenoxy) is 2. The van der Waals surface area contributed by atoms with Crippen molar-refractivity contribution in [3.63, 3.8) is 0 Å². The van der Waals surface area contributed by atoms with Crippen LogP contribution in [0.15, 0.2) is 46.0 Å². The molecular formula is C35H48N2O5S2. The smallest absolute Gasteiger partial charge is 0.340 e. The second-order valence-corrected chi connectivity index (χ2v) is 16.6. The summed E-state index contributed by atoms with van der Waals surface area (Å²) in [5.74, 6) is 4.63. The largest absolute Gasteiger partial charge is 0.427 e. The Bertz CT molecular complexity index is 1310. The number of esters is 2. The number of aliphatic hydroxyl groups is 1. The second kappa shape index (κ2) is 12.9. The summed E-state index contributed by atoms with van der Waals surface area (Å²) in [6.07, 6.45) is 14.7. The summed E-state index contributed by atoms with van der Waals surface area (Å²) in [7, 11) is 3.79. The molecule has 4 aliphatic heterocycles. The molecule has 0 amide bonds. The highest BCUT2D eigenvalue weighted by atomic mass is 33.1. The molecule has 2 saturated heterocycles. The lowest BCUT2D eigenvalue weighted by Gasteiger charge is -2.58. The van der Waals surface area contributed by atoms with Crippen molar-refractivity contribution >= 4 is 33.5 Å². The number of hydrogen-bond donors (Lipinski definition) is 3. The molecule has 7 nitrogen and oxygen atoms in total. The van der Waals surface area contributed by atoms with Gasteiger partial charge in [0.2, 0.25) is 0 Å². The van der Waals surface area contributed by atoms with Crippen molar-refractivity contribution in [3.8, 4) is 0 Å². The summed E-state index contributed by atoms with van der Waals surface area (Å²) >= 11 is 0. The van der Waals surface area contributed by atoms with Gasteiger partial charge in [-0.1, -0.05) is 47.4 Å². The molecule has 8 atom stereocenters. The monoisotopic (exact) mass is 640 g/mol. The van der Waals surface area contributed by atoms with Gasteiger partial charge in [0.25, 0.3) is 0 Å². The maximum atomic E-state index is 14.3. The number of nitrogens with one attached hydrogen (secondary N) is 2. The van der Waals surface area contributed by atoms with E-state index >= 15 is 0 Å². The molecule has 9 heteroatoms. The summed E-state index contributed by atoms with van der Waals surface area (Å²) in [4.78, 5) is 28.1. The molecule has 8 rings (SSSR count). The highest BCUT2D eigenvalue weighted by Crippen LogP contribution is 2.71. The Morgan fingerprint density at radius 2 is 2.02 bits per heavy atom. The fraction of sp³-hybridized carbons (Fsp3) is 0.714. The molecule has 8 aliphatic rings. The van der Waals surface area contributed by atoms with Gasteiger partial charge in [-0.15, -0.1) is 0 Å². The average molecular weight is 641 g/mol. The number of carbonyl (C=O) groups is 2. The number of aliphatic hydroxyl groups excluding tert-OH is 1. The van der Waals surface area contributed by atoms with Gasteiger partial charge in [0.05, 0.1) is 23.0 Å². The Morgan fingerprint density at radius 3 is 2.86 bits per heavy atom. The van der Waals surface area contributed by atoms with Crippen molar-refractivity contribution in [3.05, 3.63) is 46.0 Å². The molecule has 1 saturated carbocycles. The van der Waals surface area contributed by atoms with Crippen LogP contribution in [0.2, 0.25) is 0 Å². The van der Waals surface area contributed by atoms with Gasteiger partial charge in [-0.2, -0.15) is 0 Å². The normalized spacial score (nSPS) is 39.7. The SMILES string of the molecule is CCCC=C1OC(=O)C2=C1CC[C@@H]1[C@@H]2[C@]23CC[C@H]1C1=C2C(=O)OC3=CC[C@@H](C)CSSCNC2CC(CCN2)[C@@H]1CCCO. The maximum absolute atomic E-state index is 14.3. The minimum absolute atomic E-state index is 0.0819. The third kappa shape index (κ3) is 5.17. The molecule has 44 heavy (non-hydrogen) atoms. The minimum atomic E-state index is -0.604. The number of carbonyl (C=O) groups excluding carboxylic acids is 2. The van der Waals surface area contributed by atoms with E-state index in [4.69, 9.17) is 9.47 Å². The van der Waals surface area contributed by atoms with Crippen LogP contribution in [0, 0.1) is 40.9 Å². The molecule has 4 aliphatic carbocycles. The number of rotatable bonds is 5. The minimum Gasteiger partial charge on any atom is -0.427 e. The van der Waals surface area contributed by atoms with E-state index in [0.717, 1.165) is 117 Å². The van der Waals surface area contributed by atoms with E-state index in [1.165, 1.54) is 5.57 Å². The Labute approximate surface area is 269 Å². The zero-order valence-electron chi connectivity index (χ0n) is 26.2. The van der Waals surface area contributed by atoms with Crippen LogP contribution in [0.3, 0.4) is 0 Å². The highest BCUT2D eigenvalue weighted by molar-refractivity contribution is 8.76.